The van der Waals surface area contributed by atoms with Crippen LogP contribution < -0.4 is 10.0 Å². The number of hydrogen-bond acceptors (Lipinski definition) is 3. The fraction of sp³-hybridized carbons (Fsp3) is 0.167. The zero-order valence-corrected chi connectivity index (χ0v) is 14.8. The summed E-state index contributed by atoms with van der Waals surface area (Å²) in [4.78, 5) is 12.5. The Morgan fingerprint density at radius 2 is 1.76 bits per heavy atom. The summed E-state index contributed by atoms with van der Waals surface area (Å²) in [5.74, 6) is -0.143. The van der Waals surface area contributed by atoms with Gasteiger partial charge in [-0.25, -0.2) is 8.42 Å². The number of hydrogen-bond donors (Lipinski definition) is 2. The first-order chi connectivity index (χ1) is 11.8. The first kappa shape index (κ1) is 17.0. The van der Waals surface area contributed by atoms with Crippen molar-refractivity contribution < 1.29 is 13.2 Å². The Morgan fingerprint density at radius 3 is 2.44 bits per heavy atom. The van der Waals surface area contributed by atoms with Gasteiger partial charge in [-0.3, -0.25) is 9.52 Å². The monoisotopic (exact) mass is 357 g/mol. The Labute approximate surface area is 146 Å². The highest BCUT2D eigenvalue weighted by molar-refractivity contribution is 7.92. The fourth-order valence-corrected chi connectivity index (χ4v) is 3.27. The van der Waals surface area contributed by atoms with Crippen molar-refractivity contribution in [2.45, 2.75) is 6.54 Å². The lowest BCUT2D eigenvalue weighted by Crippen LogP contribution is -2.22. The van der Waals surface area contributed by atoms with Gasteiger partial charge in [-0.2, -0.15) is 0 Å². The van der Waals surface area contributed by atoms with E-state index in [0.29, 0.717) is 17.8 Å². The molecule has 25 heavy (non-hydrogen) atoms. The summed E-state index contributed by atoms with van der Waals surface area (Å²) >= 11 is 0. The summed E-state index contributed by atoms with van der Waals surface area (Å²) in [5, 5.41) is 3.81. The predicted molar refractivity (Wildman–Crippen MR) is 99.0 cm³/mol. The molecule has 0 bridgehead atoms. The molecule has 6 nitrogen and oxygen atoms in total. The Balaban J connectivity index is 1.70. The Morgan fingerprint density at radius 1 is 1.08 bits per heavy atom. The standard InChI is InChI=1S/C18H19N3O3S/c1-21-12-16(15-5-3-4-6-17(15)21)18(22)19-11-13-7-9-14(10-8-13)20-25(2,23)24/h3-10,12,20H,11H2,1-2H3,(H,19,22). The molecule has 1 heterocycles. The Bertz CT molecular complexity index is 1020. The van der Waals surface area contributed by atoms with Gasteiger partial charge in [0.15, 0.2) is 0 Å². The van der Waals surface area contributed by atoms with E-state index in [1.54, 1.807) is 24.3 Å². The molecule has 0 saturated heterocycles. The van der Waals surface area contributed by atoms with Gasteiger partial charge in [-0.1, -0.05) is 30.3 Å². The Kier molecular flexibility index (Phi) is 4.50. The number of carbonyl (C=O) groups excluding carboxylic acids is 1. The number of sulfonamides is 1. The van der Waals surface area contributed by atoms with Crippen molar-refractivity contribution in [3.63, 3.8) is 0 Å². The number of rotatable bonds is 5. The van der Waals surface area contributed by atoms with Crippen LogP contribution in [0.25, 0.3) is 10.9 Å². The maximum atomic E-state index is 12.5. The molecule has 0 saturated carbocycles. The van der Waals surface area contributed by atoms with Gasteiger partial charge in [0.05, 0.1) is 11.8 Å². The maximum Gasteiger partial charge on any atom is 0.253 e. The topological polar surface area (TPSA) is 80.2 Å². The molecule has 7 heteroatoms. The van der Waals surface area contributed by atoms with Crippen molar-refractivity contribution in [1.29, 1.82) is 0 Å². The van der Waals surface area contributed by atoms with E-state index in [9.17, 15) is 13.2 Å². The van der Waals surface area contributed by atoms with Gasteiger partial charge in [0.1, 0.15) is 0 Å². The number of amides is 1. The molecule has 0 aliphatic rings. The first-order valence-electron chi connectivity index (χ1n) is 7.72. The molecular weight excluding hydrogens is 338 g/mol. The van der Waals surface area contributed by atoms with Gasteiger partial charge in [0.2, 0.25) is 10.0 Å². The van der Waals surface area contributed by atoms with E-state index in [1.165, 1.54) is 0 Å². The van der Waals surface area contributed by atoms with Gasteiger partial charge >= 0.3 is 0 Å². The number of carbonyl (C=O) groups is 1. The molecule has 0 aliphatic carbocycles. The van der Waals surface area contributed by atoms with E-state index in [1.807, 2.05) is 42.1 Å². The van der Waals surface area contributed by atoms with Crippen LogP contribution in [0.3, 0.4) is 0 Å². The maximum absolute atomic E-state index is 12.5. The molecule has 1 amide bonds. The normalized spacial score (nSPS) is 11.4. The molecule has 0 fully saturated rings. The quantitative estimate of drug-likeness (QED) is 0.736. The highest BCUT2D eigenvalue weighted by Crippen LogP contribution is 2.20. The zero-order valence-electron chi connectivity index (χ0n) is 14.0. The molecular formula is C18H19N3O3S. The van der Waals surface area contributed by atoms with Gasteiger partial charge < -0.3 is 9.88 Å². The summed E-state index contributed by atoms with van der Waals surface area (Å²) in [6.07, 6.45) is 2.92. The van der Waals surface area contributed by atoms with Crippen LogP contribution in [-0.4, -0.2) is 25.1 Å². The lowest BCUT2D eigenvalue weighted by Gasteiger charge is -2.07. The van der Waals surface area contributed by atoms with E-state index >= 15 is 0 Å². The van der Waals surface area contributed by atoms with Crippen molar-refractivity contribution in [2.75, 3.05) is 11.0 Å². The summed E-state index contributed by atoms with van der Waals surface area (Å²) in [7, 11) is -1.38. The average molecular weight is 357 g/mol. The number of aromatic nitrogens is 1. The number of fused-ring (bicyclic) bond motifs is 1. The number of anilines is 1. The van der Waals surface area contributed by atoms with Crippen molar-refractivity contribution in [1.82, 2.24) is 9.88 Å². The third-order valence-electron chi connectivity index (χ3n) is 3.85. The lowest BCUT2D eigenvalue weighted by atomic mass is 10.1. The molecule has 0 atom stereocenters. The second-order valence-corrected chi connectivity index (χ2v) is 7.67. The van der Waals surface area contributed by atoms with Crippen LogP contribution >= 0.6 is 0 Å². The van der Waals surface area contributed by atoms with E-state index in [4.69, 9.17) is 0 Å². The van der Waals surface area contributed by atoms with E-state index in [0.717, 1.165) is 22.7 Å². The van der Waals surface area contributed by atoms with Crippen LogP contribution in [-0.2, 0) is 23.6 Å². The third kappa shape index (κ3) is 4.00. The minimum Gasteiger partial charge on any atom is -0.350 e. The van der Waals surface area contributed by atoms with Crippen LogP contribution in [0.4, 0.5) is 5.69 Å². The van der Waals surface area contributed by atoms with Crippen molar-refractivity contribution >= 4 is 32.5 Å². The van der Waals surface area contributed by atoms with E-state index in [-0.39, 0.29) is 5.91 Å². The molecule has 0 unspecified atom stereocenters. The predicted octanol–water partition coefficient (Wildman–Crippen LogP) is 2.48. The molecule has 2 aromatic carbocycles. The lowest BCUT2D eigenvalue weighted by molar-refractivity contribution is 0.0952. The van der Waals surface area contributed by atoms with E-state index < -0.39 is 10.0 Å². The fourth-order valence-electron chi connectivity index (χ4n) is 2.70. The number of benzene rings is 2. The minimum atomic E-state index is -3.29. The minimum absolute atomic E-state index is 0.143. The van der Waals surface area contributed by atoms with Gasteiger partial charge in [-0.15, -0.1) is 0 Å². The first-order valence-corrected chi connectivity index (χ1v) is 9.61. The van der Waals surface area contributed by atoms with Crippen molar-refractivity contribution in [2.24, 2.45) is 7.05 Å². The van der Waals surface area contributed by atoms with Gasteiger partial charge in [-0.05, 0) is 23.8 Å². The second-order valence-electron chi connectivity index (χ2n) is 5.92. The van der Waals surface area contributed by atoms with E-state index in [2.05, 4.69) is 10.0 Å². The third-order valence-corrected chi connectivity index (χ3v) is 4.46. The van der Waals surface area contributed by atoms with Gasteiger partial charge in [0.25, 0.3) is 5.91 Å². The molecule has 0 spiro atoms. The van der Waals surface area contributed by atoms with Crippen LogP contribution in [0.2, 0.25) is 0 Å². The van der Waals surface area contributed by atoms with Crippen molar-refractivity contribution in [3.8, 4) is 0 Å². The van der Waals surface area contributed by atoms with Crippen LogP contribution in [0.5, 0.6) is 0 Å². The number of nitrogens with one attached hydrogen (secondary N) is 2. The molecule has 2 N–H and O–H groups in total. The molecule has 3 rings (SSSR count). The zero-order chi connectivity index (χ0) is 18.0. The summed E-state index contributed by atoms with van der Waals surface area (Å²) in [6.45, 7) is 0.362. The number of para-hydroxylation sites is 1. The van der Waals surface area contributed by atoms with Gasteiger partial charge in [0, 0.05) is 36.4 Å². The molecule has 1 aromatic heterocycles. The van der Waals surface area contributed by atoms with Crippen LogP contribution in [0.1, 0.15) is 15.9 Å². The molecule has 0 aliphatic heterocycles. The van der Waals surface area contributed by atoms with Crippen LogP contribution in [0.15, 0.2) is 54.7 Å². The summed E-state index contributed by atoms with van der Waals surface area (Å²) in [6, 6.07) is 14.6. The smallest absolute Gasteiger partial charge is 0.253 e. The SMILES string of the molecule is Cn1cc(C(=O)NCc2ccc(NS(C)(=O)=O)cc2)c2ccccc21. The highest BCUT2D eigenvalue weighted by atomic mass is 32.2. The Hall–Kier alpha value is -2.80. The average Bonchev–Trinajstić information content (AvgIpc) is 2.90. The second kappa shape index (κ2) is 6.60. The molecule has 130 valence electrons. The largest absolute Gasteiger partial charge is 0.350 e. The molecule has 0 radical (unpaired) electrons. The number of nitrogens with zero attached hydrogens (tertiary/aromatic N) is 1. The summed E-state index contributed by atoms with van der Waals surface area (Å²) < 4.78 is 26.7. The highest BCUT2D eigenvalue weighted by Gasteiger charge is 2.13. The van der Waals surface area contributed by atoms with Crippen molar-refractivity contribution in [3.05, 3.63) is 65.9 Å². The molecule has 3 aromatic rings. The summed E-state index contributed by atoms with van der Waals surface area (Å²) in [5.41, 5.74) is 3.01. The van der Waals surface area contributed by atoms with Crippen LogP contribution in [0, 0.1) is 0 Å². The number of aryl methyl sites for hydroxylation is 1.